The Balaban J connectivity index is 1.47. The van der Waals surface area contributed by atoms with Gasteiger partial charge in [0.05, 0.1) is 5.56 Å². The first kappa shape index (κ1) is 15.6. The lowest BCUT2D eigenvalue weighted by Crippen LogP contribution is -2.54. The van der Waals surface area contributed by atoms with Crippen LogP contribution in [0.3, 0.4) is 0 Å². The maximum Gasteiger partial charge on any atom is 0.417 e. The second-order valence-corrected chi connectivity index (χ2v) is 6.28. The van der Waals surface area contributed by atoms with E-state index in [4.69, 9.17) is 0 Å². The molecule has 2 saturated heterocycles. The highest BCUT2D eigenvalue weighted by atomic mass is 19.4. The van der Waals surface area contributed by atoms with Crippen molar-refractivity contribution in [2.45, 2.75) is 6.18 Å². The molecule has 0 aliphatic carbocycles. The fourth-order valence-corrected chi connectivity index (χ4v) is 3.01. The zero-order chi connectivity index (χ0) is 15.7. The summed E-state index contributed by atoms with van der Waals surface area (Å²) in [5, 5.41) is 0. The summed E-state index contributed by atoms with van der Waals surface area (Å²) in [6.45, 7) is 7.26. The van der Waals surface area contributed by atoms with Crippen molar-refractivity contribution in [2.24, 2.45) is 5.92 Å². The Morgan fingerprint density at radius 2 is 1.82 bits per heavy atom. The van der Waals surface area contributed by atoms with Crippen LogP contribution in [-0.4, -0.2) is 67.6 Å². The maximum absolute atomic E-state index is 12.5. The molecule has 0 atom stereocenters. The van der Waals surface area contributed by atoms with Gasteiger partial charge in [-0.05, 0) is 19.2 Å². The number of halogens is 3. The van der Waals surface area contributed by atoms with Crippen LogP contribution in [0.1, 0.15) is 5.56 Å². The van der Waals surface area contributed by atoms with Gasteiger partial charge in [-0.25, -0.2) is 4.98 Å². The van der Waals surface area contributed by atoms with Crippen molar-refractivity contribution in [1.82, 2.24) is 14.8 Å². The molecule has 3 heterocycles. The standard InChI is InChI=1S/C15H21F3N4/c1-20-4-6-21(7-5-20)9-12-10-22(11-12)14-3-2-13(8-19-14)15(16,17)18/h2-3,8,12H,4-7,9-11H2,1H3. The summed E-state index contributed by atoms with van der Waals surface area (Å²) >= 11 is 0. The van der Waals surface area contributed by atoms with Gasteiger partial charge in [-0.2, -0.15) is 13.2 Å². The molecule has 0 spiro atoms. The summed E-state index contributed by atoms with van der Waals surface area (Å²) < 4.78 is 37.5. The van der Waals surface area contributed by atoms with Crippen molar-refractivity contribution in [3.63, 3.8) is 0 Å². The van der Waals surface area contributed by atoms with E-state index < -0.39 is 11.7 Å². The van der Waals surface area contributed by atoms with E-state index in [-0.39, 0.29) is 0 Å². The number of piperazine rings is 1. The minimum atomic E-state index is -4.32. The zero-order valence-electron chi connectivity index (χ0n) is 12.7. The molecule has 1 aromatic heterocycles. The van der Waals surface area contributed by atoms with Crippen LogP contribution in [0.2, 0.25) is 0 Å². The highest BCUT2D eigenvalue weighted by Crippen LogP contribution is 2.30. The molecule has 2 aliphatic rings. The molecule has 0 amide bonds. The van der Waals surface area contributed by atoms with Crippen molar-refractivity contribution in [2.75, 3.05) is 57.8 Å². The van der Waals surface area contributed by atoms with Gasteiger partial charge in [0.2, 0.25) is 0 Å². The molecule has 4 nitrogen and oxygen atoms in total. The Hall–Kier alpha value is -1.34. The third kappa shape index (κ3) is 3.52. The zero-order valence-corrected chi connectivity index (χ0v) is 12.7. The predicted molar refractivity (Wildman–Crippen MR) is 78.9 cm³/mol. The van der Waals surface area contributed by atoms with E-state index in [0.717, 1.165) is 58.1 Å². The minimum absolute atomic E-state index is 0.590. The van der Waals surface area contributed by atoms with Crippen LogP contribution < -0.4 is 4.90 Å². The van der Waals surface area contributed by atoms with Crippen LogP contribution in [0.5, 0.6) is 0 Å². The number of pyridine rings is 1. The molecular formula is C15H21F3N4. The summed E-state index contributed by atoms with van der Waals surface area (Å²) in [6.07, 6.45) is -3.40. The van der Waals surface area contributed by atoms with E-state index >= 15 is 0 Å². The van der Waals surface area contributed by atoms with E-state index in [1.807, 2.05) is 4.90 Å². The van der Waals surface area contributed by atoms with Crippen molar-refractivity contribution < 1.29 is 13.2 Å². The summed E-state index contributed by atoms with van der Waals surface area (Å²) in [5.41, 5.74) is -0.689. The van der Waals surface area contributed by atoms with Gasteiger partial charge in [0, 0.05) is 57.9 Å². The number of nitrogens with zero attached hydrogens (tertiary/aromatic N) is 4. The van der Waals surface area contributed by atoms with Gasteiger partial charge < -0.3 is 14.7 Å². The van der Waals surface area contributed by atoms with Gasteiger partial charge >= 0.3 is 6.18 Å². The normalized spacial score (nSPS) is 21.9. The highest BCUT2D eigenvalue weighted by molar-refractivity contribution is 5.42. The Kier molecular flexibility index (Phi) is 4.27. The molecule has 122 valence electrons. The molecule has 0 radical (unpaired) electrons. The lowest BCUT2D eigenvalue weighted by molar-refractivity contribution is -0.137. The van der Waals surface area contributed by atoms with Crippen molar-refractivity contribution in [3.05, 3.63) is 23.9 Å². The lowest BCUT2D eigenvalue weighted by Gasteiger charge is -2.43. The van der Waals surface area contributed by atoms with Gasteiger partial charge in [0.15, 0.2) is 0 Å². The van der Waals surface area contributed by atoms with Gasteiger partial charge in [-0.1, -0.05) is 0 Å². The number of likely N-dealkylation sites (N-methyl/N-ethyl adjacent to an activating group) is 1. The molecular weight excluding hydrogens is 293 g/mol. The molecule has 0 aromatic carbocycles. The van der Waals surface area contributed by atoms with Crippen molar-refractivity contribution >= 4 is 5.82 Å². The second kappa shape index (κ2) is 6.04. The number of anilines is 1. The van der Waals surface area contributed by atoms with E-state index in [9.17, 15) is 13.2 Å². The summed E-state index contributed by atoms with van der Waals surface area (Å²) in [6, 6.07) is 2.57. The molecule has 1 aromatic rings. The molecule has 0 N–H and O–H groups in total. The monoisotopic (exact) mass is 314 g/mol. The molecule has 7 heteroatoms. The average Bonchev–Trinajstić information content (AvgIpc) is 2.43. The predicted octanol–water partition coefficient (Wildman–Crippen LogP) is 1.78. The molecule has 0 saturated carbocycles. The van der Waals surface area contributed by atoms with Gasteiger partial charge in [-0.3, -0.25) is 0 Å². The first-order valence-corrected chi connectivity index (χ1v) is 7.61. The topological polar surface area (TPSA) is 22.6 Å². The summed E-state index contributed by atoms with van der Waals surface area (Å²) in [4.78, 5) is 10.8. The van der Waals surface area contributed by atoms with Gasteiger partial charge in [0.25, 0.3) is 0 Å². The maximum atomic E-state index is 12.5. The number of rotatable bonds is 3. The lowest BCUT2D eigenvalue weighted by atomic mass is 9.99. The van der Waals surface area contributed by atoms with Crippen molar-refractivity contribution in [3.8, 4) is 0 Å². The molecule has 3 rings (SSSR count). The van der Waals surface area contributed by atoms with E-state index in [1.54, 1.807) is 0 Å². The quantitative estimate of drug-likeness (QED) is 0.848. The summed E-state index contributed by atoms with van der Waals surface area (Å²) in [5.74, 6) is 1.23. The number of alkyl halides is 3. The van der Waals surface area contributed by atoms with Gasteiger partial charge in [0.1, 0.15) is 5.82 Å². The van der Waals surface area contributed by atoms with E-state index in [2.05, 4.69) is 21.8 Å². The Labute approximate surface area is 128 Å². The van der Waals surface area contributed by atoms with E-state index in [1.165, 1.54) is 6.07 Å². The molecule has 0 bridgehead atoms. The van der Waals surface area contributed by atoms with E-state index in [0.29, 0.717) is 11.7 Å². The van der Waals surface area contributed by atoms with Crippen LogP contribution in [-0.2, 0) is 6.18 Å². The second-order valence-electron chi connectivity index (χ2n) is 6.28. The minimum Gasteiger partial charge on any atom is -0.356 e. The first-order chi connectivity index (χ1) is 10.4. The largest absolute Gasteiger partial charge is 0.417 e. The van der Waals surface area contributed by atoms with Crippen LogP contribution >= 0.6 is 0 Å². The number of hydrogen-bond acceptors (Lipinski definition) is 4. The van der Waals surface area contributed by atoms with Crippen LogP contribution in [0.4, 0.5) is 19.0 Å². The number of aromatic nitrogens is 1. The van der Waals surface area contributed by atoms with Crippen LogP contribution in [0, 0.1) is 5.92 Å². The molecule has 2 aliphatic heterocycles. The summed E-state index contributed by atoms with van der Waals surface area (Å²) in [7, 11) is 2.14. The third-order valence-electron chi connectivity index (χ3n) is 4.47. The Morgan fingerprint density at radius 1 is 1.14 bits per heavy atom. The SMILES string of the molecule is CN1CCN(CC2CN(c3ccc(C(F)(F)F)cn3)C2)CC1. The van der Waals surface area contributed by atoms with Gasteiger partial charge in [-0.15, -0.1) is 0 Å². The molecule has 0 unspecified atom stereocenters. The highest BCUT2D eigenvalue weighted by Gasteiger charge is 2.33. The third-order valence-corrected chi connectivity index (χ3v) is 4.47. The molecule has 22 heavy (non-hydrogen) atoms. The molecule has 2 fully saturated rings. The number of hydrogen-bond donors (Lipinski definition) is 0. The Bertz CT molecular complexity index is 489. The van der Waals surface area contributed by atoms with Crippen LogP contribution in [0.15, 0.2) is 18.3 Å². The van der Waals surface area contributed by atoms with Crippen LogP contribution in [0.25, 0.3) is 0 Å². The average molecular weight is 314 g/mol. The fraction of sp³-hybridized carbons (Fsp3) is 0.667. The first-order valence-electron chi connectivity index (χ1n) is 7.61. The van der Waals surface area contributed by atoms with Crippen molar-refractivity contribution in [1.29, 1.82) is 0 Å². The smallest absolute Gasteiger partial charge is 0.356 e. The Morgan fingerprint density at radius 3 is 2.36 bits per heavy atom. The fourth-order valence-electron chi connectivity index (χ4n) is 3.01.